The molecule has 1 atom stereocenters. The molecule has 1 unspecified atom stereocenters. The molecule has 7 nitrogen and oxygen atoms in total. The molecule has 1 aliphatic heterocycles. The fourth-order valence-corrected chi connectivity index (χ4v) is 3.78. The quantitative estimate of drug-likeness (QED) is 0.584. The Hall–Kier alpha value is -3.74. The number of carbonyl (C=O) groups excluding carboxylic acids is 1. The summed E-state index contributed by atoms with van der Waals surface area (Å²) in [4.78, 5) is 29.9. The Labute approximate surface area is 159 Å². The molecular weight excluding hydrogens is 356 g/mol. The van der Waals surface area contributed by atoms with E-state index in [1.54, 1.807) is 36.1 Å². The van der Waals surface area contributed by atoms with E-state index in [1.165, 1.54) is 6.26 Å². The number of hydrogen-bond acceptors (Lipinski definition) is 5. The lowest BCUT2D eigenvalue weighted by atomic mass is 9.85. The van der Waals surface area contributed by atoms with E-state index in [4.69, 9.17) is 4.42 Å². The molecule has 1 N–H and O–H groups in total. The minimum atomic E-state index is -0.463. The summed E-state index contributed by atoms with van der Waals surface area (Å²) >= 11 is 0. The first-order valence-corrected chi connectivity index (χ1v) is 8.92. The number of anilines is 1. The summed E-state index contributed by atoms with van der Waals surface area (Å²) in [5.74, 6) is -0.0506. The number of aromatic nitrogens is 3. The number of pyridine rings is 1. The summed E-state index contributed by atoms with van der Waals surface area (Å²) in [6.45, 7) is 0. The van der Waals surface area contributed by atoms with Crippen molar-refractivity contribution in [1.29, 1.82) is 0 Å². The van der Waals surface area contributed by atoms with Crippen LogP contribution in [0, 0.1) is 0 Å². The zero-order chi connectivity index (χ0) is 19.3. The largest absolute Gasteiger partial charge is 0.464 e. The molecule has 28 heavy (non-hydrogen) atoms. The van der Waals surface area contributed by atoms with Crippen molar-refractivity contribution in [2.75, 3.05) is 5.32 Å². The van der Waals surface area contributed by atoms with Gasteiger partial charge < -0.3 is 9.73 Å². The van der Waals surface area contributed by atoms with Gasteiger partial charge in [-0.05, 0) is 24.3 Å². The average Bonchev–Trinajstić information content (AvgIpc) is 3.05. The molecule has 1 aromatic carbocycles. The van der Waals surface area contributed by atoms with Crippen molar-refractivity contribution in [3.8, 4) is 11.4 Å². The minimum Gasteiger partial charge on any atom is -0.464 e. The van der Waals surface area contributed by atoms with Crippen LogP contribution < -0.4 is 10.7 Å². The first-order valence-electron chi connectivity index (χ1n) is 8.92. The molecule has 0 radical (unpaired) electrons. The topological polar surface area (TPSA) is 90.0 Å². The lowest BCUT2D eigenvalue weighted by Crippen LogP contribution is -2.27. The second-order valence-electron chi connectivity index (χ2n) is 6.77. The Balaban J connectivity index is 1.77. The van der Waals surface area contributed by atoms with Crippen LogP contribution in [0.4, 0.5) is 5.82 Å². The van der Waals surface area contributed by atoms with Crippen LogP contribution in [-0.4, -0.2) is 20.7 Å². The zero-order valence-corrected chi connectivity index (χ0v) is 15.0. The third kappa shape index (κ3) is 2.44. The summed E-state index contributed by atoms with van der Waals surface area (Å²) in [5.41, 5.74) is 2.95. The molecule has 0 saturated heterocycles. The van der Waals surface area contributed by atoms with Gasteiger partial charge in [0.05, 0.1) is 17.3 Å². The van der Waals surface area contributed by atoms with E-state index in [-0.39, 0.29) is 17.8 Å². The predicted octanol–water partition coefficient (Wildman–Crippen LogP) is 3.06. The number of fused-ring (bicyclic) bond motifs is 2. The lowest BCUT2D eigenvalue weighted by Gasteiger charge is -2.23. The fourth-order valence-electron chi connectivity index (χ4n) is 3.78. The number of rotatable bonds is 2. The second kappa shape index (κ2) is 6.16. The van der Waals surface area contributed by atoms with E-state index in [0.29, 0.717) is 33.7 Å². The minimum absolute atomic E-state index is 0.136. The summed E-state index contributed by atoms with van der Waals surface area (Å²) in [7, 11) is 1.76. The molecule has 138 valence electrons. The van der Waals surface area contributed by atoms with Gasteiger partial charge in [-0.2, -0.15) is 5.10 Å². The maximum atomic E-state index is 13.2. The van der Waals surface area contributed by atoms with Crippen LogP contribution in [0.1, 0.15) is 23.5 Å². The normalized spacial score (nSPS) is 16.0. The number of para-hydroxylation sites is 1. The Bertz CT molecular complexity index is 1270. The van der Waals surface area contributed by atoms with Crippen molar-refractivity contribution in [2.24, 2.45) is 7.05 Å². The molecule has 1 aliphatic rings. The standard InChI is InChI=1S/C21H16N4O3/c1-25-21-18(19(24-25)15-7-4-5-9-22-15)13(10-17(26)23-21)14-11-28-16-8-3-2-6-12(16)20(14)27/h2-9,11,13H,10H2,1H3,(H,23,26). The van der Waals surface area contributed by atoms with Crippen molar-refractivity contribution >= 4 is 22.7 Å². The highest BCUT2D eigenvalue weighted by Gasteiger charge is 2.35. The molecule has 0 bridgehead atoms. The Morgan fingerprint density at radius 3 is 2.79 bits per heavy atom. The molecule has 4 heterocycles. The maximum Gasteiger partial charge on any atom is 0.226 e. The Morgan fingerprint density at radius 2 is 1.96 bits per heavy atom. The van der Waals surface area contributed by atoms with Crippen LogP contribution in [0.25, 0.3) is 22.4 Å². The van der Waals surface area contributed by atoms with Crippen LogP contribution in [0.3, 0.4) is 0 Å². The predicted molar refractivity (Wildman–Crippen MR) is 104 cm³/mol. The molecule has 0 saturated carbocycles. The lowest BCUT2D eigenvalue weighted by molar-refractivity contribution is -0.116. The van der Waals surface area contributed by atoms with Gasteiger partial charge in [0.15, 0.2) is 5.43 Å². The van der Waals surface area contributed by atoms with Crippen molar-refractivity contribution in [3.63, 3.8) is 0 Å². The number of benzene rings is 1. The van der Waals surface area contributed by atoms with Gasteiger partial charge in [-0.1, -0.05) is 18.2 Å². The van der Waals surface area contributed by atoms with E-state index in [1.807, 2.05) is 24.3 Å². The van der Waals surface area contributed by atoms with Gasteiger partial charge >= 0.3 is 0 Å². The molecular formula is C21H16N4O3. The van der Waals surface area contributed by atoms with Crippen LogP contribution in [0.15, 0.2) is 64.1 Å². The molecule has 0 spiro atoms. The molecule has 4 aromatic rings. The van der Waals surface area contributed by atoms with Crippen LogP contribution in [0.2, 0.25) is 0 Å². The van der Waals surface area contributed by atoms with Crippen LogP contribution in [0.5, 0.6) is 0 Å². The number of nitrogens with zero attached hydrogens (tertiary/aromatic N) is 3. The van der Waals surface area contributed by atoms with Gasteiger partial charge in [-0.25, -0.2) is 0 Å². The number of hydrogen-bond donors (Lipinski definition) is 1. The number of nitrogens with one attached hydrogen (secondary N) is 1. The first kappa shape index (κ1) is 16.4. The molecule has 0 fully saturated rings. The van der Waals surface area contributed by atoms with E-state index < -0.39 is 5.92 Å². The van der Waals surface area contributed by atoms with Gasteiger partial charge in [0.2, 0.25) is 5.91 Å². The van der Waals surface area contributed by atoms with Gasteiger partial charge in [-0.3, -0.25) is 19.3 Å². The van der Waals surface area contributed by atoms with Crippen LogP contribution >= 0.6 is 0 Å². The second-order valence-corrected chi connectivity index (χ2v) is 6.77. The van der Waals surface area contributed by atoms with Crippen LogP contribution in [-0.2, 0) is 11.8 Å². The SMILES string of the molecule is Cn1nc(-c2ccccn2)c2c1NC(=O)CC2c1coc2ccccc2c1=O. The van der Waals surface area contributed by atoms with Gasteiger partial charge in [0.1, 0.15) is 17.1 Å². The third-order valence-electron chi connectivity index (χ3n) is 5.07. The fraction of sp³-hybridized carbons (Fsp3) is 0.143. The van der Waals surface area contributed by atoms with Gasteiger partial charge in [-0.15, -0.1) is 0 Å². The maximum absolute atomic E-state index is 13.2. The molecule has 0 aliphatic carbocycles. The average molecular weight is 372 g/mol. The van der Waals surface area contributed by atoms with E-state index in [9.17, 15) is 9.59 Å². The highest BCUT2D eigenvalue weighted by Crippen LogP contribution is 2.41. The monoisotopic (exact) mass is 372 g/mol. The van der Waals surface area contributed by atoms with Crippen molar-refractivity contribution < 1.29 is 9.21 Å². The summed E-state index contributed by atoms with van der Waals surface area (Å²) in [6.07, 6.45) is 3.30. The van der Waals surface area contributed by atoms with Crippen molar-refractivity contribution in [3.05, 3.63) is 76.3 Å². The number of aryl methyl sites for hydroxylation is 1. The van der Waals surface area contributed by atoms with Gasteiger partial charge in [0, 0.05) is 36.7 Å². The van der Waals surface area contributed by atoms with E-state index >= 15 is 0 Å². The smallest absolute Gasteiger partial charge is 0.226 e. The highest BCUT2D eigenvalue weighted by molar-refractivity contribution is 5.96. The third-order valence-corrected chi connectivity index (χ3v) is 5.07. The van der Waals surface area contributed by atoms with Gasteiger partial charge in [0.25, 0.3) is 0 Å². The first-order chi connectivity index (χ1) is 13.6. The molecule has 3 aromatic heterocycles. The number of amides is 1. The summed E-state index contributed by atoms with van der Waals surface area (Å²) < 4.78 is 7.32. The summed E-state index contributed by atoms with van der Waals surface area (Å²) in [6, 6.07) is 12.7. The van der Waals surface area contributed by atoms with Crippen molar-refractivity contribution in [1.82, 2.24) is 14.8 Å². The van der Waals surface area contributed by atoms with E-state index in [2.05, 4.69) is 15.4 Å². The molecule has 7 heteroatoms. The van der Waals surface area contributed by atoms with E-state index in [0.717, 1.165) is 5.56 Å². The molecule has 1 amide bonds. The highest BCUT2D eigenvalue weighted by atomic mass is 16.3. The van der Waals surface area contributed by atoms with Crippen molar-refractivity contribution in [2.45, 2.75) is 12.3 Å². The number of carbonyl (C=O) groups is 1. The molecule has 5 rings (SSSR count). The Kier molecular flexibility index (Phi) is 3.61. The Morgan fingerprint density at radius 1 is 1.14 bits per heavy atom. The summed E-state index contributed by atoms with van der Waals surface area (Å²) in [5, 5.41) is 7.94. The zero-order valence-electron chi connectivity index (χ0n) is 15.0.